The minimum absolute atomic E-state index is 0.135. The van der Waals surface area contributed by atoms with Crippen molar-refractivity contribution >= 4 is 12.4 Å². The quantitative estimate of drug-likeness (QED) is 0.773. The first kappa shape index (κ1) is 13.9. The van der Waals surface area contributed by atoms with Crippen LogP contribution in [0.1, 0.15) is 11.1 Å². The van der Waals surface area contributed by atoms with Gasteiger partial charge in [0.15, 0.2) is 0 Å². The molecule has 1 atom stereocenters. The van der Waals surface area contributed by atoms with E-state index in [2.05, 4.69) is 0 Å². The monoisotopic (exact) mass is 293 g/mol. The number of rotatable bonds is 5. The van der Waals surface area contributed by atoms with Crippen molar-refractivity contribution in [2.75, 3.05) is 26.3 Å². The summed E-state index contributed by atoms with van der Waals surface area (Å²) in [4.78, 5) is 23.6. The molecule has 112 valence electrons. The van der Waals surface area contributed by atoms with Crippen molar-refractivity contribution in [3.05, 3.63) is 29.1 Å². The van der Waals surface area contributed by atoms with E-state index >= 15 is 0 Å². The summed E-state index contributed by atoms with van der Waals surface area (Å²) in [6.07, 6.45) is 1.56. The second-order valence-electron chi connectivity index (χ2n) is 5.30. The molecule has 1 aromatic rings. The average Bonchev–Trinajstić information content (AvgIpc) is 3.06. The van der Waals surface area contributed by atoms with Crippen LogP contribution in [-0.2, 0) is 22.4 Å². The van der Waals surface area contributed by atoms with Crippen LogP contribution in [-0.4, -0.2) is 43.6 Å². The molecule has 1 aliphatic carbocycles. The maximum atomic E-state index is 14.0. The lowest BCUT2D eigenvalue weighted by atomic mass is 10.1. The molecule has 3 rings (SSSR count). The number of aldehydes is 1. The predicted molar refractivity (Wildman–Crippen MR) is 71.8 cm³/mol. The van der Waals surface area contributed by atoms with Crippen molar-refractivity contribution in [2.45, 2.75) is 12.8 Å². The Kier molecular flexibility index (Phi) is 3.77. The number of cyclic esters (lactones) is 1. The van der Waals surface area contributed by atoms with E-state index in [1.54, 1.807) is 11.0 Å². The molecule has 6 heteroatoms. The van der Waals surface area contributed by atoms with Crippen LogP contribution in [0.2, 0.25) is 0 Å². The Morgan fingerprint density at radius 1 is 1.43 bits per heavy atom. The van der Waals surface area contributed by atoms with Crippen LogP contribution in [0.25, 0.3) is 0 Å². The highest BCUT2D eigenvalue weighted by molar-refractivity contribution is 5.69. The number of carbonyl (C=O) groups is 2. The van der Waals surface area contributed by atoms with E-state index in [0.717, 1.165) is 11.8 Å². The fourth-order valence-corrected chi connectivity index (χ4v) is 2.78. The van der Waals surface area contributed by atoms with Gasteiger partial charge in [-0.25, -0.2) is 9.18 Å². The van der Waals surface area contributed by atoms with Crippen LogP contribution in [0.15, 0.2) is 12.1 Å². The third kappa shape index (κ3) is 2.84. The first-order valence-corrected chi connectivity index (χ1v) is 6.98. The zero-order valence-electron chi connectivity index (χ0n) is 11.5. The third-order valence-electron chi connectivity index (χ3n) is 3.88. The van der Waals surface area contributed by atoms with Crippen LogP contribution in [0.4, 0.5) is 9.18 Å². The standard InChI is InChI=1S/C15H16FNO4/c16-14-8-12(7-11-5-10(9-18)6-13(11)14)20-3-1-17-2-4-21-15(17)19/h7-10H,1-6H2. The molecule has 2 aliphatic rings. The van der Waals surface area contributed by atoms with Crippen molar-refractivity contribution < 1.29 is 23.5 Å². The number of amides is 1. The highest BCUT2D eigenvalue weighted by Crippen LogP contribution is 2.31. The number of ether oxygens (including phenoxy) is 2. The van der Waals surface area contributed by atoms with Gasteiger partial charge in [0.2, 0.25) is 0 Å². The number of benzene rings is 1. The summed E-state index contributed by atoms with van der Waals surface area (Å²) in [6.45, 7) is 1.65. The topological polar surface area (TPSA) is 55.8 Å². The molecule has 1 heterocycles. The summed E-state index contributed by atoms with van der Waals surface area (Å²) in [7, 11) is 0. The van der Waals surface area contributed by atoms with Crippen molar-refractivity contribution in [3.63, 3.8) is 0 Å². The van der Waals surface area contributed by atoms with E-state index in [1.165, 1.54) is 6.07 Å². The van der Waals surface area contributed by atoms with Gasteiger partial charge in [0.25, 0.3) is 0 Å². The van der Waals surface area contributed by atoms with Crippen molar-refractivity contribution in [1.82, 2.24) is 4.90 Å². The molecule has 1 fully saturated rings. The van der Waals surface area contributed by atoms with E-state index in [0.29, 0.717) is 43.9 Å². The molecule has 0 aromatic heterocycles. The van der Waals surface area contributed by atoms with E-state index in [4.69, 9.17) is 9.47 Å². The van der Waals surface area contributed by atoms with Gasteiger partial charge in [-0.3, -0.25) is 0 Å². The number of nitrogens with zero attached hydrogens (tertiary/aromatic N) is 1. The van der Waals surface area contributed by atoms with Crippen molar-refractivity contribution in [1.29, 1.82) is 0 Å². The Morgan fingerprint density at radius 3 is 3.00 bits per heavy atom. The molecular weight excluding hydrogens is 277 g/mol. The van der Waals surface area contributed by atoms with Gasteiger partial charge < -0.3 is 19.2 Å². The Bertz CT molecular complexity index is 575. The maximum absolute atomic E-state index is 14.0. The van der Waals surface area contributed by atoms with Gasteiger partial charge in [-0.1, -0.05) is 0 Å². The van der Waals surface area contributed by atoms with Gasteiger partial charge >= 0.3 is 6.09 Å². The summed E-state index contributed by atoms with van der Waals surface area (Å²) in [6, 6.07) is 3.12. The number of halogens is 1. The number of fused-ring (bicyclic) bond motifs is 1. The minimum atomic E-state index is -0.340. The van der Waals surface area contributed by atoms with E-state index < -0.39 is 0 Å². The molecule has 1 unspecified atom stereocenters. The largest absolute Gasteiger partial charge is 0.492 e. The van der Waals surface area contributed by atoms with Gasteiger partial charge in [0.05, 0.1) is 13.1 Å². The minimum Gasteiger partial charge on any atom is -0.492 e. The van der Waals surface area contributed by atoms with Crippen molar-refractivity contribution in [3.8, 4) is 5.75 Å². The fourth-order valence-electron chi connectivity index (χ4n) is 2.78. The summed E-state index contributed by atoms with van der Waals surface area (Å²) >= 11 is 0. The van der Waals surface area contributed by atoms with E-state index in [9.17, 15) is 14.0 Å². The van der Waals surface area contributed by atoms with Crippen LogP contribution >= 0.6 is 0 Å². The first-order chi connectivity index (χ1) is 10.2. The Morgan fingerprint density at radius 2 is 2.29 bits per heavy atom. The molecule has 1 saturated heterocycles. The normalized spacial score (nSPS) is 20.3. The van der Waals surface area contributed by atoms with Gasteiger partial charge in [0, 0.05) is 12.0 Å². The lowest BCUT2D eigenvalue weighted by molar-refractivity contribution is -0.110. The predicted octanol–water partition coefficient (Wildman–Crippen LogP) is 1.57. The smallest absolute Gasteiger partial charge is 0.410 e. The number of carbonyl (C=O) groups excluding carboxylic acids is 2. The van der Waals surface area contributed by atoms with Crippen LogP contribution in [0, 0.1) is 11.7 Å². The molecule has 0 bridgehead atoms. The van der Waals surface area contributed by atoms with Gasteiger partial charge in [0.1, 0.15) is 31.1 Å². The van der Waals surface area contributed by atoms with E-state index in [-0.39, 0.29) is 24.4 Å². The zero-order valence-corrected chi connectivity index (χ0v) is 11.5. The Balaban J connectivity index is 1.61. The summed E-state index contributed by atoms with van der Waals surface area (Å²) in [5.74, 6) is -0.0260. The maximum Gasteiger partial charge on any atom is 0.410 e. The molecular formula is C15H16FNO4. The SMILES string of the molecule is O=CC1Cc2cc(OCCN3CCOC3=O)cc(F)c2C1. The average molecular weight is 293 g/mol. The lowest BCUT2D eigenvalue weighted by Gasteiger charge is -2.14. The Labute approximate surface area is 121 Å². The molecule has 1 amide bonds. The molecule has 0 spiro atoms. The van der Waals surface area contributed by atoms with Gasteiger partial charge in [-0.15, -0.1) is 0 Å². The second kappa shape index (κ2) is 5.71. The van der Waals surface area contributed by atoms with Crippen molar-refractivity contribution in [2.24, 2.45) is 5.92 Å². The Hall–Kier alpha value is -2.11. The summed E-state index contributed by atoms with van der Waals surface area (Å²) in [5, 5.41) is 0. The van der Waals surface area contributed by atoms with Crippen LogP contribution in [0.5, 0.6) is 5.75 Å². The molecule has 1 aromatic carbocycles. The third-order valence-corrected chi connectivity index (χ3v) is 3.88. The molecule has 0 saturated carbocycles. The first-order valence-electron chi connectivity index (χ1n) is 6.98. The van der Waals surface area contributed by atoms with Gasteiger partial charge in [-0.05, 0) is 30.0 Å². The zero-order chi connectivity index (χ0) is 14.8. The summed E-state index contributed by atoms with van der Waals surface area (Å²) < 4.78 is 24.3. The molecule has 0 radical (unpaired) electrons. The number of hydrogen-bond acceptors (Lipinski definition) is 4. The fraction of sp³-hybridized carbons (Fsp3) is 0.467. The van der Waals surface area contributed by atoms with Gasteiger partial charge in [-0.2, -0.15) is 0 Å². The van der Waals surface area contributed by atoms with Crippen LogP contribution < -0.4 is 4.74 Å². The second-order valence-corrected chi connectivity index (χ2v) is 5.30. The van der Waals surface area contributed by atoms with Crippen LogP contribution in [0.3, 0.4) is 0 Å². The molecule has 21 heavy (non-hydrogen) atoms. The highest BCUT2D eigenvalue weighted by atomic mass is 19.1. The van der Waals surface area contributed by atoms with E-state index in [1.807, 2.05) is 0 Å². The molecule has 0 N–H and O–H groups in total. The highest BCUT2D eigenvalue weighted by Gasteiger charge is 2.25. The molecule has 1 aliphatic heterocycles. The summed E-state index contributed by atoms with van der Waals surface area (Å²) in [5.41, 5.74) is 1.45. The molecule has 5 nitrogen and oxygen atoms in total. The number of hydrogen-bond donors (Lipinski definition) is 0. The lowest BCUT2D eigenvalue weighted by Crippen LogP contribution is -2.29.